The highest BCUT2D eigenvalue weighted by Crippen LogP contribution is 2.47. The molecule has 8 heteroatoms. The van der Waals surface area contributed by atoms with Gasteiger partial charge in [0.25, 0.3) is 0 Å². The standard InChI is InChI=1S/C24H44O7Si/c1-21(2,3)30-20(26)13-18-12-19(31-32(8,9)22(4,5)6)15-24(29-18)16-23(7,27)14-17(28-24)10-11-25/h11,17-19,27H,10,12-16H2,1-9H3/t17-,18+,19-,23-,24-/m0/s1. The Hall–Kier alpha value is -0.803. The molecule has 0 bridgehead atoms. The highest BCUT2D eigenvalue weighted by molar-refractivity contribution is 6.74. The first-order valence-corrected chi connectivity index (χ1v) is 14.7. The molecule has 0 aromatic rings. The average Bonchev–Trinajstić information content (AvgIpc) is 2.48. The number of hydrogen-bond acceptors (Lipinski definition) is 7. The van der Waals surface area contributed by atoms with Crippen molar-refractivity contribution in [3.63, 3.8) is 0 Å². The molecule has 2 aliphatic heterocycles. The van der Waals surface area contributed by atoms with Gasteiger partial charge in [-0.2, -0.15) is 0 Å². The number of hydrogen-bond donors (Lipinski definition) is 1. The van der Waals surface area contributed by atoms with Crippen molar-refractivity contribution in [2.24, 2.45) is 0 Å². The van der Waals surface area contributed by atoms with Crippen molar-refractivity contribution in [2.75, 3.05) is 0 Å². The molecule has 0 radical (unpaired) electrons. The van der Waals surface area contributed by atoms with E-state index in [2.05, 4.69) is 33.9 Å². The molecule has 186 valence electrons. The van der Waals surface area contributed by atoms with Gasteiger partial charge in [-0.15, -0.1) is 0 Å². The summed E-state index contributed by atoms with van der Waals surface area (Å²) in [4.78, 5) is 23.8. The van der Waals surface area contributed by atoms with Gasteiger partial charge in [-0.1, -0.05) is 20.8 Å². The molecule has 0 amide bonds. The van der Waals surface area contributed by atoms with E-state index in [0.717, 1.165) is 6.29 Å². The molecule has 32 heavy (non-hydrogen) atoms. The first-order chi connectivity index (χ1) is 14.4. The molecular weight excluding hydrogens is 428 g/mol. The Labute approximate surface area is 194 Å². The predicted molar refractivity (Wildman–Crippen MR) is 125 cm³/mol. The number of ether oxygens (including phenoxy) is 3. The van der Waals surface area contributed by atoms with Gasteiger partial charge in [0.15, 0.2) is 14.1 Å². The van der Waals surface area contributed by atoms with E-state index in [1.54, 1.807) is 6.92 Å². The summed E-state index contributed by atoms with van der Waals surface area (Å²) < 4.78 is 24.9. The Morgan fingerprint density at radius 2 is 1.72 bits per heavy atom. The fourth-order valence-corrected chi connectivity index (χ4v) is 5.83. The van der Waals surface area contributed by atoms with E-state index in [0.29, 0.717) is 19.3 Å². The summed E-state index contributed by atoms with van der Waals surface area (Å²) >= 11 is 0. The largest absolute Gasteiger partial charge is 0.460 e. The monoisotopic (exact) mass is 472 g/mol. The minimum absolute atomic E-state index is 0.0259. The van der Waals surface area contributed by atoms with E-state index in [-0.39, 0.29) is 36.4 Å². The molecule has 0 saturated carbocycles. The molecule has 2 saturated heterocycles. The molecule has 1 N–H and O–H groups in total. The van der Waals surface area contributed by atoms with Crippen LogP contribution in [-0.2, 0) is 28.2 Å². The Morgan fingerprint density at radius 3 is 2.25 bits per heavy atom. The highest BCUT2D eigenvalue weighted by atomic mass is 28.4. The van der Waals surface area contributed by atoms with Gasteiger partial charge in [0, 0.05) is 25.7 Å². The lowest BCUT2D eigenvalue weighted by Crippen LogP contribution is -2.59. The van der Waals surface area contributed by atoms with Gasteiger partial charge < -0.3 is 28.5 Å². The van der Waals surface area contributed by atoms with Gasteiger partial charge in [0.1, 0.15) is 11.9 Å². The molecular formula is C24H44O7Si. The second-order valence-corrected chi connectivity index (χ2v) is 17.2. The Bertz CT molecular complexity index is 677. The number of rotatable bonds is 6. The van der Waals surface area contributed by atoms with Crippen LogP contribution in [0.5, 0.6) is 0 Å². The molecule has 0 aromatic carbocycles. The zero-order chi connectivity index (χ0) is 24.6. The summed E-state index contributed by atoms with van der Waals surface area (Å²) in [6.07, 6.45) is 1.63. The van der Waals surface area contributed by atoms with Crippen LogP contribution in [0.25, 0.3) is 0 Å². The van der Waals surface area contributed by atoms with Crippen molar-refractivity contribution in [2.45, 2.75) is 140 Å². The lowest BCUT2D eigenvalue weighted by Gasteiger charge is -2.53. The fraction of sp³-hybridized carbons (Fsp3) is 0.917. The summed E-state index contributed by atoms with van der Waals surface area (Å²) in [6.45, 7) is 18.2. The number of aldehydes is 1. The van der Waals surface area contributed by atoms with Crippen molar-refractivity contribution in [1.82, 2.24) is 0 Å². The van der Waals surface area contributed by atoms with Crippen molar-refractivity contribution in [3.05, 3.63) is 0 Å². The number of carbonyl (C=O) groups excluding carboxylic acids is 2. The lowest BCUT2D eigenvalue weighted by atomic mass is 9.82. The molecule has 2 fully saturated rings. The molecule has 0 aliphatic carbocycles. The van der Waals surface area contributed by atoms with Crippen LogP contribution in [0.2, 0.25) is 18.1 Å². The molecule has 2 aliphatic rings. The number of aliphatic hydroxyl groups is 1. The first-order valence-electron chi connectivity index (χ1n) is 11.8. The van der Waals surface area contributed by atoms with Gasteiger partial charge >= 0.3 is 5.97 Å². The van der Waals surface area contributed by atoms with Gasteiger partial charge in [-0.25, -0.2) is 0 Å². The molecule has 0 aromatic heterocycles. The smallest absolute Gasteiger partial charge is 0.308 e. The SMILES string of the molecule is CC(C)(C)OC(=O)C[C@H]1C[C@H](O[Si](C)(C)C(C)(C)C)C[C@@]2(C[C@@](C)(O)C[C@H](CC=O)O2)O1. The average molecular weight is 473 g/mol. The van der Waals surface area contributed by atoms with E-state index in [9.17, 15) is 14.7 Å². The van der Waals surface area contributed by atoms with Crippen LogP contribution < -0.4 is 0 Å². The van der Waals surface area contributed by atoms with Crippen LogP contribution in [0.3, 0.4) is 0 Å². The van der Waals surface area contributed by atoms with Crippen molar-refractivity contribution >= 4 is 20.6 Å². The first kappa shape index (κ1) is 27.4. The van der Waals surface area contributed by atoms with Crippen LogP contribution in [0.1, 0.15) is 87.0 Å². The maximum atomic E-state index is 12.6. The Kier molecular flexibility index (Phi) is 8.10. The third kappa shape index (κ3) is 7.62. The van der Waals surface area contributed by atoms with E-state index < -0.39 is 37.5 Å². The van der Waals surface area contributed by atoms with Gasteiger partial charge in [0.05, 0.1) is 30.3 Å². The van der Waals surface area contributed by atoms with Crippen LogP contribution in [-0.4, -0.2) is 61.0 Å². The van der Waals surface area contributed by atoms with E-state index in [1.807, 2.05) is 20.8 Å². The summed E-state index contributed by atoms with van der Waals surface area (Å²) in [7, 11) is -2.09. The molecule has 0 unspecified atom stereocenters. The summed E-state index contributed by atoms with van der Waals surface area (Å²) in [5, 5.41) is 11.0. The van der Waals surface area contributed by atoms with Gasteiger partial charge in [-0.05, 0) is 52.2 Å². The maximum Gasteiger partial charge on any atom is 0.308 e. The second kappa shape index (κ2) is 9.45. The fourth-order valence-electron chi connectivity index (χ4n) is 4.46. The quantitative estimate of drug-likeness (QED) is 0.346. The van der Waals surface area contributed by atoms with E-state index in [1.165, 1.54) is 0 Å². The molecule has 7 nitrogen and oxygen atoms in total. The number of carbonyl (C=O) groups is 2. The van der Waals surface area contributed by atoms with Gasteiger partial charge in [0.2, 0.25) is 0 Å². The molecule has 2 heterocycles. The predicted octanol–water partition coefficient (Wildman–Crippen LogP) is 4.50. The summed E-state index contributed by atoms with van der Waals surface area (Å²) in [6, 6.07) is 0. The van der Waals surface area contributed by atoms with E-state index >= 15 is 0 Å². The third-order valence-corrected chi connectivity index (χ3v) is 11.1. The minimum Gasteiger partial charge on any atom is -0.460 e. The Balaban J connectivity index is 2.30. The van der Waals surface area contributed by atoms with Crippen molar-refractivity contribution in [1.29, 1.82) is 0 Å². The Morgan fingerprint density at radius 1 is 1.12 bits per heavy atom. The van der Waals surface area contributed by atoms with Crippen LogP contribution in [0, 0.1) is 0 Å². The van der Waals surface area contributed by atoms with E-state index in [4.69, 9.17) is 18.6 Å². The van der Waals surface area contributed by atoms with Gasteiger partial charge in [-0.3, -0.25) is 4.79 Å². The zero-order valence-electron chi connectivity index (χ0n) is 21.4. The molecule has 2 rings (SSSR count). The summed E-state index contributed by atoms with van der Waals surface area (Å²) in [5.41, 5.74) is -1.62. The molecule has 1 spiro atoms. The van der Waals surface area contributed by atoms with Crippen molar-refractivity contribution < 1.29 is 33.3 Å². The molecule has 5 atom stereocenters. The normalized spacial score (nSPS) is 34.4. The third-order valence-electron chi connectivity index (χ3n) is 6.59. The van der Waals surface area contributed by atoms with Crippen LogP contribution in [0.15, 0.2) is 0 Å². The van der Waals surface area contributed by atoms with Crippen LogP contribution in [0.4, 0.5) is 0 Å². The minimum atomic E-state index is -2.09. The number of esters is 1. The zero-order valence-corrected chi connectivity index (χ0v) is 22.4. The lowest BCUT2D eigenvalue weighted by molar-refractivity contribution is -0.347. The van der Waals surface area contributed by atoms with Crippen LogP contribution >= 0.6 is 0 Å². The maximum absolute atomic E-state index is 12.6. The topological polar surface area (TPSA) is 91.3 Å². The summed E-state index contributed by atoms with van der Waals surface area (Å²) in [5.74, 6) is -1.44. The highest BCUT2D eigenvalue weighted by Gasteiger charge is 2.53. The van der Waals surface area contributed by atoms with Crippen molar-refractivity contribution in [3.8, 4) is 0 Å². The second-order valence-electron chi connectivity index (χ2n) is 12.4.